The molecule has 0 aliphatic rings. The number of thiazole rings is 1. The largest absolute Gasteiger partial charge is 0.484 e. The number of benzene rings is 2. The van der Waals surface area contributed by atoms with Crippen LogP contribution in [0.1, 0.15) is 10.4 Å². The number of ether oxygens (including phenoxy) is 1. The molecule has 0 saturated carbocycles. The smallest absolute Gasteiger partial charge is 0.337 e. The highest BCUT2D eigenvalue weighted by atomic mass is 32.1. The fourth-order valence-corrected chi connectivity index (χ4v) is 4.71. The summed E-state index contributed by atoms with van der Waals surface area (Å²) in [6, 6.07) is 12.4. The third-order valence-electron chi connectivity index (χ3n) is 4.56. The average molecular weight is 477 g/mol. The summed E-state index contributed by atoms with van der Waals surface area (Å²) in [6.45, 7) is -0.224. The van der Waals surface area contributed by atoms with Crippen LogP contribution < -0.4 is 15.0 Å². The van der Waals surface area contributed by atoms with E-state index in [1.807, 2.05) is 24.3 Å². The number of ketones is 1. The van der Waals surface area contributed by atoms with Crippen molar-refractivity contribution in [2.45, 2.75) is 0 Å². The number of carbonyl (C=O) groups excluding carboxylic acids is 2. The maximum atomic E-state index is 12.7. The molecular formula is C21H24N3O6PS. The zero-order valence-corrected chi connectivity index (χ0v) is 19.9. The molecule has 1 N–H and O–H groups in total. The van der Waals surface area contributed by atoms with Crippen molar-refractivity contribution in [2.75, 3.05) is 51.3 Å². The lowest BCUT2D eigenvalue weighted by Gasteiger charge is -2.19. The maximum Gasteiger partial charge on any atom is 0.337 e. The molecule has 0 spiro atoms. The first kappa shape index (κ1) is 23.9. The van der Waals surface area contributed by atoms with Gasteiger partial charge in [0.2, 0.25) is 0 Å². The van der Waals surface area contributed by atoms with Crippen LogP contribution >= 0.6 is 18.9 Å². The molecule has 1 heterocycles. The number of rotatable bonds is 10. The van der Waals surface area contributed by atoms with Gasteiger partial charge in [0.25, 0.3) is 5.91 Å². The third kappa shape index (κ3) is 5.72. The molecule has 3 rings (SSSR count). The van der Waals surface area contributed by atoms with Crippen LogP contribution in [0.2, 0.25) is 0 Å². The number of anilines is 2. The van der Waals surface area contributed by atoms with E-state index >= 15 is 0 Å². The average Bonchev–Trinajstić information content (AvgIpc) is 3.19. The Labute approximate surface area is 189 Å². The second-order valence-corrected chi connectivity index (χ2v) is 10.3. The highest BCUT2D eigenvalue weighted by molar-refractivity contribution is 7.54. The number of carbonyl (C=O) groups is 2. The molecule has 0 saturated heterocycles. The van der Waals surface area contributed by atoms with Crippen molar-refractivity contribution >= 4 is 51.7 Å². The maximum absolute atomic E-state index is 12.7. The first-order chi connectivity index (χ1) is 15.2. The molecule has 9 nitrogen and oxygen atoms in total. The summed E-state index contributed by atoms with van der Waals surface area (Å²) in [5.74, 6) is -0.330. The lowest BCUT2D eigenvalue weighted by Crippen LogP contribution is -2.20. The van der Waals surface area contributed by atoms with Gasteiger partial charge in [0.05, 0.1) is 15.9 Å². The second-order valence-electron chi connectivity index (χ2n) is 6.95. The van der Waals surface area contributed by atoms with Gasteiger partial charge in [-0.25, -0.2) is 4.98 Å². The second kappa shape index (κ2) is 10.2. The Hall–Kier alpha value is -2.78. The number of fused-ring (bicyclic) bond motifs is 1. The third-order valence-corrected chi connectivity index (χ3v) is 7.29. The fraction of sp³-hybridized carbons (Fsp3) is 0.286. The molecule has 0 fully saturated rings. The number of nitrogens with one attached hydrogen (secondary N) is 1. The van der Waals surface area contributed by atoms with E-state index in [1.165, 1.54) is 25.6 Å². The zero-order chi connectivity index (χ0) is 23.3. The molecule has 0 aliphatic heterocycles. The Balaban J connectivity index is 1.67. The van der Waals surface area contributed by atoms with Gasteiger partial charge >= 0.3 is 7.60 Å². The van der Waals surface area contributed by atoms with Gasteiger partial charge < -0.3 is 18.7 Å². The van der Waals surface area contributed by atoms with E-state index in [9.17, 15) is 14.2 Å². The number of amides is 1. The lowest BCUT2D eigenvalue weighted by atomic mass is 10.1. The Kier molecular flexibility index (Phi) is 7.63. The Morgan fingerprint density at radius 2 is 1.84 bits per heavy atom. The van der Waals surface area contributed by atoms with Gasteiger partial charge in [-0.3, -0.25) is 19.5 Å². The van der Waals surface area contributed by atoms with Crippen LogP contribution in [0.5, 0.6) is 5.75 Å². The minimum atomic E-state index is -3.49. The Morgan fingerprint density at radius 3 is 2.50 bits per heavy atom. The lowest BCUT2D eigenvalue weighted by molar-refractivity contribution is -0.118. The first-order valence-electron chi connectivity index (χ1n) is 9.58. The van der Waals surface area contributed by atoms with Crippen LogP contribution in [0.25, 0.3) is 10.2 Å². The van der Waals surface area contributed by atoms with Gasteiger partial charge in [0.15, 0.2) is 17.5 Å². The normalized spacial score (nSPS) is 11.4. The van der Waals surface area contributed by atoms with Crippen LogP contribution in [-0.4, -0.2) is 57.8 Å². The van der Waals surface area contributed by atoms with E-state index in [2.05, 4.69) is 10.3 Å². The van der Waals surface area contributed by atoms with E-state index in [1.54, 1.807) is 37.2 Å². The molecule has 0 bridgehead atoms. The minimum Gasteiger partial charge on any atom is -0.484 e. The minimum absolute atomic E-state index is 0.224. The number of hydrogen-bond acceptors (Lipinski definition) is 9. The van der Waals surface area contributed by atoms with E-state index in [-0.39, 0.29) is 24.5 Å². The summed E-state index contributed by atoms with van der Waals surface area (Å²) < 4.78 is 28.6. The predicted octanol–water partition coefficient (Wildman–Crippen LogP) is 4.05. The number of aromatic nitrogens is 1. The molecule has 3 aromatic rings. The van der Waals surface area contributed by atoms with Crippen molar-refractivity contribution in [3.63, 3.8) is 0 Å². The highest BCUT2D eigenvalue weighted by Gasteiger charge is 2.28. The number of nitrogens with zero attached hydrogens (tertiary/aromatic N) is 2. The van der Waals surface area contributed by atoms with Crippen molar-refractivity contribution in [3.05, 3.63) is 48.0 Å². The molecule has 0 unspecified atom stereocenters. The zero-order valence-electron chi connectivity index (χ0n) is 18.2. The van der Waals surface area contributed by atoms with Crippen molar-refractivity contribution in [1.29, 1.82) is 0 Å². The molecule has 2 aromatic carbocycles. The molecule has 0 aliphatic carbocycles. The summed E-state index contributed by atoms with van der Waals surface area (Å²) >= 11 is 1.38. The van der Waals surface area contributed by atoms with Gasteiger partial charge in [-0.2, -0.15) is 0 Å². The molecule has 1 amide bonds. The summed E-state index contributed by atoms with van der Waals surface area (Å²) in [4.78, 5) is 31.1. The van der Waals surface area contributed by atoms with Crippen molar-refractivity contribution in [1.82, 2.24) is 4.98 Å². The summed E-state index contributed by atoms with van der Waals surface area (Å²) in [6.07, 6.45) is -0.383. The summed E-state index contributed by atoms with van der Waals surface area (Å²) in [5.41, 5.74) is 1.71. The SMILES string of the molecule is COP(=O)(CC(=O)c1ccc(OCC(=O)Nc2nc3ccccc3s2)cc1N(C)C)OC. The van der Waals surface area contributed by atoms with Crippen molar-refractivity contribution < 1.29 is 27.9 Å². The van der Waals surface area contributed by atoms with Crippen LogP contribution in [0.4, 0.5) is 10.8 Å². The molecule has 1 aromatic heterocycles. The summed E-state index contributed by atoms with van der Waals surface area (Å²) in [7, 11) is 2.51. The first-order valence-corrected chi connectivity index (χ1v) is 12.1. The van der Waals surface area contributed by atoms with Crippen molar-refractivity contribution in [3.8, 4) is 5.75 Å². The van der Waals surface area contributed by atoms with Crippen LogP contribution in [-0.2, 0) is 18.4 Å². The van der Waals surface area contributed by atoms with E-state index < -0.39 is 7.60 Å². The Morgan fingerprint density at radius 1 is 1.12 bits per heavy atom. The van der Waals surface area contributed by atoms with Crippen molar-refractivity contribution in [2.24, 2.45) is 0 Å². The molecule has 0 radical (unpaired) electrons. The van der Waals surface area contributed by atoms with Gasteiger partial charge in [-0.05, 0) is 24.3 Å². The van der Waals surface area contributed by atoms with E-state index in [0.29, 0.717) is 22.1 Å². The van der Waals surface area contributed by atoms with Crippen LogP contribution in [0, 0.1) is 0 Å². The van der Waals surface area contributed by atoms with Gasteiger partial charge in [-0.1, -0.05) is 23.5 Å². The monoisotopic (exact) mass is 477 g/mol. The quantitative estimate of drug-likeness (QED) is 0.344. The standard InChI is InChI=1S/C21H24N3O6PS/c1-24(2)17-11-14(9-10-15(17)18(25)13-31(27,28-3)29-4)30-12-20(26)23-21-22-16-7-5-6-8-19(16)32-21/h5-11H,12-13H2,1-4H3,(H,22,23,26). The van der Waals surface area contributed by atoms with E-state index in [0.717, 1.165) is 10.2 Å². The van der Waals surface area contributed by atoms with Crippen LogP contribution in [0.15, 0.2) is 42.5 Å². The fourth-order valence-electron chi connectivity index (χ4n) is 2.90. The van der Waals surface area contributed by atoms with Gasteiger partial charge in [-0.15, -0.1) is 0 Å². The molecule has 32 heavy (non-hydrogen) atoms. The number of hydrogen-bond donors (Lipinski definition) is 1. The number of Topliss-reactive ketones (excluding diaryl/α,β-unsaturated/α-hetero) is 1. The molecular weight excluding hydrogens is 453 g/mol. The summed E-state index contributed by atoms with van der Waals surface area (Å²) in [5, 5.41) is 3.22. The Bertz CT molecular complexity index is 1140. The van der Waals surface area contributed by atoms with Gasteiger partial charge in [0.1, 0.15) is 11.9 Å². The highest BCUT2D eigenvalue weighted by Crippen LogP contribution is 2.47. The molecule has 0 atom stereocenters. The van der Waals surface area contributed by atoms with Gasteiger partial charge in [0, 0.05) is 39.9 Å². The van der Waals surface area contributed by atoms with E-state index in [4.69, 9.17) is 13.8 Å². The number of para-hydroxylation sites is 1. The molecule has 11 heteroatoms. The predicted molar refractivity (Wildman–Crippen MR) is 125 cm³/mol. The molecule has 170 valence electrons. The topological polar surface area (TPSA) is 107 Å². The van der Waals surface area contributed by atoms with Crippen LogP contribution in [0.3, 0.4) is 0 Å².